The highest BCUT2D eigenvalue weighted by Crippen LogP contribution is 2.30. The molecule has 0 aromatic carbocycles. The molecule has 0 aliphatic rings. The lowest BCUT2D eigenvalue weighted by Gasteiger charge is -2.18. The van der Waals surface area contributed by atoms with Gasteiger partial charge in [0.15, 0.2) is 0 Å². The van der Waals surface area contributed by atoms with Gasteiger partial charge in [-0.2, -0.15) is 4.98 Å². The van der Waals surface area contributed by atoms with E-state index in [4.69, 9.17) is 0 Å². The number of thiophene rings is 1. The molecule has 1 unspecified atom stereocenters. The van der Waals surface area contributed by atoms with Crippen molar-refractivity contribution in [3.8, 4) is 0 Å². The molecule has 0 spiro atoms. The van der Waals surface area contributed by atoms with Crippen LogP contribution in [0.1, 0.15) is 37.6 Å². The fourth-order valence-electron chi connectivity index (χ4n) is 1.94. The summed E-state index contributed by atoms with van der Waals surface area (Å²) in [6.07, 6.45) is 3.98. The maximum absolute atomic E-state index is 4.52. The lowest BCUT2D eigenvalue weighted by molar-refractivity contribution is 0.684. The molecule has 0 saturated heterocycles. The van der Waals surface area contributed by atoms with Crippen molar-refractivity contribution in [1.82, 2.24) is 9.97 Å². The van der Waals surface area contributed by atoms with Gasteiger partial charge >= 0.3 is 0 Å². The molecule has 0 aliphatic heterocycles. The van der Waals surface area contributed by atoms with Crippen LogP contribution in [0.25, 0.3) is 0 Å². The van der Waals surface area contributed by atoms with E-state index in [1.54, 1.807) is 17.5 Å². The van der Waals surface area contributed by atoms with Crippen molar-refractivity contribution in [2.75, 3.05) is 17.2 Å². The lowest BCUT2D eigenvalue weighted by Crippen LogP contribution is -2.12. The van der Waals surface area contributed by atoms with Crippen LogP contribution in [0, 0.1) is 0 Å². The summed E-state index contributed by atoms with van der Waals surface area (Å²) >= 11 is 5.29. The number of halogens is 1. The highest BCUT2D eigenvalue weighted by Gasteiger charge is 2.14. The first-order chi connectivity index (χ1) is 9.74. The van der Waals surface area contributed by atoms with E-state index in [9.17, 15) is 0 Å². The predicted molar refractivity (Wildman–Crippen MR) is 89.5 cm³/mol. The van der Waals surface area contributed by atoms with Crippen molar-refractivity contribution in [2.45, 2.75) is 32.7 Å². The Hall–Kier alpha value is -1.14. The second kappa shape index (κ2) is 7.59. The van der Waals surface area contributed by atoms with Crippen molar-refractivity contribution in [2.24, 2.45) is 0 Å². The highest BCUT2D eigenvalue weighted by molar-refractivity contribution is 9.10. The summed E-state index contributed by atoms with van der Waals surface area (Å²) in [4.78, 5) is 10.1. The molecule has 0 aliphatic carbocycles. The maximum atomic E-state index is 4.52. The SMILES string of the molecule is CCCC(Nc1nc(NCC)ncc1Br)c1cccs1. The second-order valence-electron chi connectivity index (χ2n) is 4.42. The highest BCUT2D eigenvalue weighted by atomic mass is 79.9. The van der Waals surface area contributed by atoms with E-state index < -0.39 is 0 Å². The quantitative estimate of drug-likeness (QED) is 0.757. The number of nitrogens with one attached hydrogen (secondary N) is 2. The first-order valence-electron chi connectivity index (χ1n) is 6.81. The van der Waals surface area contributed by atoms with Gasteiger partial charge in [0.25, 0.3) is 0 Å². The van der Waals surface area contributed by atoms with Crippen molar-refractivity contribution in [3.05, 3.63) is 33.1 Å². The molecule has 0 bridgehead atoms. The Balaban J connectivity index is 2.19. The third-order valence-electron chi connectivity index (χ3n) is 2.85. The Morgan fingerprint density at radius 2 is 2.25 bits per heavy atom. The smallest absolute Gasteiger partial charge is 0.224 e. The summed E-state index contributed by atoms with van der Waals surface area (Å²) in [6.45, 7) is 5.04. The molecule has 2 aromatic rings. The fourth-order valence-corrected chi connectivity index (χ4v) is 3.06. The third kappa shape index (κ3) is 3.93. The molecule has 0 radical (unpaired) electrons. The normalized spacial score (nSPS) is 12.2. The molecule has 4 nitrogen and oxygen atoms in total. The minimum Gasteiger partial charge on any atom is -0.361 e. The van der Waals surface area contributed by atoms with Gasteiger partial charge < -0.3 is 10.6 Å². The van der Waals surface area contributed by atoms with Crippen LogP contribution in [-0.4, -0.2) is 16.5 Å². The summed E-state index contributed by atoms with van der Waals surface area (Å²) in [5.74, 6) is 1.49. The molecule has 0 saturated carbocycles. The Morgan fingerprint density at radius 3 is 2.90 bits per heavy atom. The minimum absolute atomic E-state index is 0.292. The van der Waals surface area contributed by atoms with Crippen LogP contribution < -0.4 is 10.6 Å². The number of hydrogen-bond acceptors (Lipinski definition) is 5. The summed E-state index contributed by atoms with van der Waals surface area (Å²) in [7, 11) is 0. The van der Waals surface area contributed by atoms with Gasteiger partial charge in [0, 0.05) is 17.6 Å². The molecule has 6 heteroatoms. The standard InChI is InChI=1S/C14H19BrN4S/c1-3-6-11(12-7-5-8-20-12)18-13-10(15)9-17-14(19-13)16-4-2/h5,7-9,11H,3-4,6H2,1-2H3,(H2,16,17,18,19). The lowest BCUT2D eigenvalue weighted by atomic mass is 10.1. The summed E-state index contributed by atoms with van der Waals surface area (Å²) in [5, 5.41) is 8.77. The van der Waals surface area contributed by atoms with Crippen LogP contribution in [0.3, 0.4) is 0 Å². The molecule has 2 heterocycles. The largest absolute Gasteiger partial charge is 0.361 e. The van der Waals surface area contributed by atoms with Crippen LogP contribution in [0.2, 0.25) is 0 Å². The summed E-state index contributed by atoms with van der Waals surface area (Å²) in [6, 6.07) is 4.54. The zero-order valence-electron chi connectivity index (χ0n) is 11.7. The number of aromatic nitrogens is 2. The molecule has 20 heavy (non-hydrogen) atoms. The molecule has 2 rings (SSSR count). The molecule has 0 amide bonds. The van der Waals surface area contributed by atoms with Gasteiger partial charge in [-0.05, 0) is 40.7 Å². The Labute approximate surface area is 132 Å². The fraction of sp³-hybridized carbons (Fsp3) is 0.429. The molecule has 108 valence electrons. The average molecular weight is 355 g/mol. The monoisotopic (exact) mass is 354 g/mol. The Morgan fingerprint density at radius 1 is 1.40 bits per heavy atom. The van der Waals surface area contributed by atoms with Gasteiger partial charge in [-0.25, -0.2) is 4.98 Å². The number of hydrogen-bond donors (Lipinski definition) is 2. The van der Waals surface area contributed by atoms with Crippen LogP contribution in [0.4, 0.5) is 11.8 Å². The van der Waals surface area contributed by atoms with E-state index in [-0.39, 0.29) is 0 Å². The zero-order chi connectivity index (χ0) is 14.4. The van der Waals surface area contributed by atoms with Crippen molar-refractivity contribution < 1.29 is 0 Å². The zero-order valence-corrected chi connectivity index (χ0v) is 14.1. The first-order valence-corrected chi connectivity index (χ1v) is 8.48. The summed E-state index contributed by atoms with van der Waals surface area (Å²) < 4.78 is 0.886. The molecule has 2 aromatic heterocycles. The predicted octanol–water partition coefficient (Wildman–Crippen LogP) is 4.69. The van der Waals surface area contributed by atoms with Gasteiger partial charge in [-0.15, -0.1) is 11.3 Å². The van der Waals surface area contributed by atoms with Crippen LogP contribution in [0.5, 0.6) is 0 Å². The first kappa shape index (κ1) is 15.3. The van der Waals surface area contributed by atoms with Gasteiger partial charge in [0.2, 0.25) is 5.95 Å². The van der Waals surface area contributed by atoms with Crippen molar-refractivity contribution >= 4 is 39.0 Å². The minimum atomic E-state index is 0.292. The van der Waals surface area contributed by atoms with Gasteiger partial charge in [0.1, 0.15) is 5.82 Å². The average Bonchev–Trinajstić information content (AvgIpc) is 2.96. The van der Waals surface area contributed by atoms with E-state index >= 15 is 0 Å². The summed E-state index contributed by atoms with van der Waals surface area (Å²) in [5.41, 5.74) is 0. The van der Waals surface area contributed by atoms with Gasteiger partial charge in [-0.1, -0.05) is 19.4 Å². The molecular formula is C14H19BrN4S. The maximum Gasteiger partial charge on any atom is 0.224 e. The van der Waals surface area contributed by atoms with Crippen molar-refractivity contribution in [1.29, 1.82) is 0 Å². The third-order valence-corrected chi connectivity index (χ3v) is 4.42. The van der Waals surface area contributed by atoms with Crippen LogP contribution in [0.15, 0.2) is 28.2 Å². The number of nitrogens with zero attached hydrogens (tertiary/aromatic N) is 2. The Bertz CT molecular complexity index is 530. The van der Waals surface area contributed by atoms with E-state index in [0.717, 1.165) is 29.7 Å². The molecule has 1 atom stereocenters. The molecule has 0 fully saturated rings. The number of anilines is 2. The Kier molecular flexibility index (Phi) is 5.79. The van der Waals surface area contributed by atoms with Crippen molar-refractivity contribution in [3.63, 3.8) is 0 Å². The van der Waals surface area contributed by atoms with Gasteiger partial charge in [-0.3, -0.25) is 0 Å². The molecular weight excluding hydrogens is 336 g/mol. The van der Waals surface area contributed by atoms with E-state index in [1.807, 2.05) is 6.92 Å². The molecule has 2 N–H and O–H groups in total. The van der Waals surface area contributed by atoms with E-state index in [2.05, 4.69) is 61.0 Å². The van der Waals surface area contributed by atoms with E-state index in [1.165, 1.54) is 4.88 Å². The van der Waals surface area contributed by atoms with E-state index in [0.29, 0.717) is 12.0 Å². The second-order valence-corrected chi connectivity index (χ2v) is 6.26. The van der Waals surface area contributed by atoms with Gasteiger partial charge in [0.05, 0.1) is 10.5 Å². The van der Waals surface area contributed by atoms with Crippen LogP contribution >= 0.6 is 27.3 Å². The van der Waals surface area contributed by atoms with Crippen LogP contribution in [-0.2, 0) is 0 Å². The number of rotatable bonds is 7. The topological polar surface area (TPSA) is 49.8 Å².